The number of carbonyl (C=O) groups is 1. The Kier molecular flexibility index (Phi) is 6.52. The van der Waals surface area contributed by atoms with E-state index < -0.39 is 9.84 Å². The first-order valence-electron chi connectivity index (χ1n) is 10.3. The van der Waals surface area contributed by atoms with Crippen molar-refractivity contribution >= 4 is 15.7 Å². The standard InChI is InChI=1S/C26H23NO4S/c28-26(25-17-16-22(31-25)19-32(29,30)23-14-8-3-9-15-23)27-18-24(20-10-4-1-5-11-20)21-12-6-2-7-13-21/h1-17,24H,18-19H2,(H,27,28). The van der Waals surface area contributed by atoms with Crippen LogP contribution in [0.1, 0.15) is 33.4 Å². The smallest absolute Gasteiger partial charge is 0.287 e. The first-order valence-corrected chi connectivity index (χ1v) is 11.9. The van der Waals surface area contributed by atoms with Crippen molar-refractivity contribution in [3.05, 3.63) is 126 Å². The molecule has 0 aliphatic heterocycles. The fraction of sp³-hybridized carbons (Fsp3) is 0.115. The van der Waals surface area contributed by atoms with Crippen molar-refractivity contribution in [3.8, 4) is 0 Å². The number of hydrogen-bond acceptors (Lipinski definition) is 4. The van der Waals surface area contributed by atoms with Gasteiger partial charge in [0.25, 0.3) is 5.91 Å². The highest BCUT2D eigenvalue weighted by molar-refractivity contribution is 7.90. The predicted octanol–water partition coefficient (Wildman–Crippen LogP) is 4.82. The quantitative estimate of drug-likeness (QED) is 0.422. The number of rotatable bonds is 8. The SMILES string of the molecule is O=C(NCC(c1ccccc1)c1ccccc1)c1ccc(CS(=O)(=O)c2ccccc2)o1. The van der Waals surface area contributed by atoms with E-state index in [-0.39, 0.29) is 34.0 Å². The van der Waals surface area contributed by atoms with Crippen molar-refractivity contribution in [2.45, 2.75) is 16.6 Å². The maximum absolute atomic E-state index is 12.7. The third kappa shape index (κ3) is 5.15. The molecule has 3 aromatic carbocycles. The molecule has 0 atom stereocenters. The van der Waals surface area contributed by atoms with Crippen molar-refractivity contribution in [1.29, 1.82) is 0 Å². The van der Waals surface area contributed by atoms with Crippen LogP contribution < -0.4 is 5.32 Å². The van der Waals surface area contributed by atoms with Crippen molar-refractivity contribution in [2.75, 3.05) is 6.54 Å². The Labute approximate surface area is 187 Å². The van der Waals surface area contributed by atoms with Crippen LogP contribution in [0.5, 0.6) is 0 Å². The van der Waals surface area contributed by atoms with Crippen LogP contribution in [-0.4, -0.2) is 20.9 Å². The minimum absolute atomic E-state index is 0.0192. The molecule has 1 amide bonds. The summed E-state index contributed by atoms with van der Waals surface area (Å²) >= 11 is 0. The molecule has 32 heavy (non-hydrogen) atoms. The van der Waals surface area contributed by atoms with Gasteiger partial charge in [0.2, 0.25) is 0 Å². The van der Waals surface area contributed by atoms with Crippen LogP contribution in [0.2, 0.25) is 0 Å². The van der Waals surface area contributed by atoms with Gasteiger partial charge in [-0.05, 0) is 35.4 Å². The highest BCUT2D eigenvalue weighted by Crippen LogP contribution is 2.24. The normalized spacial score (nSPS) is 11.4. The molecule has 0 fully saturated rings. The van der Waals surface area contributed by atoms with E-state index in [0.29, 0.717) is 6.54 Å². The van der Waals surface area contributed by atoms with Crippen molar-refractivity contribution in [1.82, 2.24) is 5.32 Å². The zero-order valence-electron chi connectivity index (χ0n) is 17.3. The largest absolute Gasteiger partial charge is 0.455 e. The van der Waals surface area contributed by atoms with Gasteiger partial charge in [-0.25, -0.2) is 8.42 Å². The van der Waals surface area contributed by atoms with Gasteiger partial charge in [0.05, 0.1) is 4.90 Å². The van der Waals surface area contributed by atoms with E-state index in [9.17, 15) is 13.2 Å². The molecular weight excluding hydrogens is 422 g/mol. The molecule has 1 heterocycles. The summed E-state index contributed by atoms with van der Waals surface area (Å²) in [5, 5.41) is 2.92. The molecule has 0 unspecified atom stereocenters. The van der Waals surface area contributed by atoms with Gasteiger partial charge >= 0.3 is 0 Å². The number of amides is 1. The molecule has 4 aromatic rings. The summed E-state index contributed by atoms with van der Waals surface area (Å²) in [5.74, 6) is -0.398. The summed E-state index contributed by atoms with van der Waals surface area (Å²) < 4.78 is 30.7. The zero-order chi connectivity index (χ0) is 22.4. The molecule has 0 bridgehead atoms. The Bertz CT molecular complexity index is 1230. The van der Waals surface area contributed by atoms with E-state index in [1.165, 1.54) is 12.1 Å². The fourth-order valence-corrected chi connectivity index (χ4v) is 4.82. The van der Waals surface area contributed by atoms with Crippen LogP contribution in [0.25, 0.3) is 0 Å². The monoisotopic (exact) mass is 445 g/mol. The Morgan fingerprint density at radius 3 is 1.84 bits per heavy atom. The maximum atomic E-state index is 12.7. The van der Waals surface area contributed by atoms with E-state index in [1.54, 1.807) is 30.3 Å². The Hall–Kier alpha value is -3.64. The van der Waals surface area contributed by atoms with Gasteiger partial charge in [0.1, 0.15) is 11.5 Å². The highest BCUT2D eigenvalue weighted by atomic mass is 32.2. The van der Waals surface area contributed by atoms with Crippen LogP contribution in [0.4, 0.5) is 0 Å². The number of sulfone groups is 1. The molecule has 162 valence electrons. The predicted molar refractivity (Wildman–Crippen MR) is 123 cm³/mol. The molecular formula is C26H23NO4S. The van der Waals surface area contributed by atoms with Crippen LogP contribution >= 0.6 is 0 Å². The van der Waals surface area contributed by atoms with E-state index in [2.05, 4.69) is 5.32 Å². The topological polar surface area (TPSA) is 76.4 Å². The molecule has 1 aromatic heterocycles. The summed E-state index contributed by atoms with van der Waals surface area (Å²) in [6, 6.07) is 31.1. The lowest BCUT2D eigenvalue weighted by molar-refractivity contribution is 0.0923. The minimum atomic E-state index is -3.55. The van der Waals surface area contributed by atoms with Gasteiger partial charge in [-0.2, -0.15) is 0 Å². The van der Waals surface area contributed by atoms with Gasteiger partial charge in [0.15, 0.2) is 15.6 Å². The number of carbonyl (C=O) groups excluding carboxylic acids is 1. The van der Waals surface area contributed by atoms with Gasteiger partial charge in [0, 0.05) is 12.5 Å². The van der Waals surface area contributed by atoms with Gasteiger partial charge in [-0.15, -0.1) is 0 Å². The fourth-order valence-electron chi connectivity index (χ4n) is 3.56. The summed E-state index contributed by atoms with van der Waals surface area (Å²) in [4.78, 5) is 12.9. The molecule has 0 aliphatic rings. The molecule has 5 nitrogen and oxygen atoms in total. The van der Waals surface area contributed by atoms with Crippen LogP contribution in [0.15, 0.2) is 112 Å². The number of hydrogen-bond donors (Lipinski definition) is 1. The molecule has 4 rings (SSSR count). The van der Waals surface area contributed by atoms with E-state index >= 15 is 0 Å². The summed E-state index contributed by atoms with van der Waals surface area (Å²) in [6.07, 6.45) is 0. The molecule has 0 spiro atoms. The summed E-state index contributed by atoms with van der Waals surface area (Å²) in [5.41, 5.74) is 2.18. The third-order valence-electron chi connectivity index (χ3n) is 5.19. The zero-order valence-corrected chi connectivity index (χ0v) is 18.2. The van der Waals surface area contributed by atoms with E-state index in [0.717, 1.165) is 11.1 Å². The second-order valence-electron chi connectivity index (χ2n) is 7.42. The minimum Gasteiger partial charge on any atom is -0.455 e. The highest BCUT2D eigenvalue weighted by Gasteiger charge is 2.20. The van der Waals surface area contributed by atoms with Crippen LogP contribution in [0.3, 0.4) is 0 Å². The molecule has 0 radical (unpaired) electrons. The molecule has 0 saturated carbocycles. The van der Waals surface area contributed by atoms with Gasteiger partial charge < -0.3 is 9.73 Å². The Morgan fingerprint density at radius 1 is 0.750 bits per heavy atom. The van der Waals surface area contributed by atoms with Crippen LogP contribution in [-0.2, 0) is 15.6 Å². The molecule has 0 aliphatic carbocycles. The van der Waals surface area contributed by atoms with Crippen molar-refractivity contribution < 1.29 is 17.6 Å². The number of furan rings is 1. The molecule has 0 saturated heterocycles. The first kappa shape index (κ1) is 21.6. The van der Waals surface area contributed by atoms with Crippen molar-refractivity contribution in [3.63, 3.8) is 0 Å². The summed E-state index contributed by atoms with van der Waals surface area (Å²) in [7, 11) is -3.55. The molecule has 1 N–H and O–H groups in total. The number of nitrogens with one attached hydrogen (secondary N) is 1. The lowest BCUT2D eigenvalue weighted by Gasteiger charge is -2.18. The Morgan fingerprint density at radius 2 is 1.28 bits per heavy atom. The first-order chi connectivity index (χ1) is 15.5. The van der Waals surface area contributed by atoms with Crippen molar-refractivity contribution in [2.24, 2.45) is 0 Å². The lowest BCUT2D eigenvalue weighted by Crippen LogP contribution is -2.28. The van der Waals surface area contributed by atoms with E-state index in [1.807, 2.05) is 60.7 Å². The second-order valence-corrected chi connectivity index (χ2v) is 9.41. The Balaban J connectivity index is 1.45. The van der Waals surface area contributed by atoms with E-state index in [4.69, 9.17) is 4.42 Å². The van der Waals surface area contributed by atoms with Gasteiger partial charge in [-0.3, -0.25) is 4.79 Å². The maximum Gasteiger partial charge on any atom is 0.287 e. The second kappa shape index (κ2) is 9.66. The molecule has 6 heteroatoms. The third-order valence-corrected chi connectivity index (χ3v) is 6.85. The summed E-state index contributed by atoms with van der Waals surface area (Å²) in [6.45, 7) is 0.380. The van der Waals surface area contributed by atoms with Gasteiger partial charge in [-0.1, -0.05) is 78.9 Å². The number of benzene rings is 3. The lowest BCUT2D eigenvalue weighted by atomic mass is 9.91. The average Bonchev–Trinajstić information content (AvgIpc) is 3.29. The van der Waals surface area contributed by atoms with Crippen LogP contribution in [0, 0.1) is 0 Å². The average molecular weight is 446 g/mol.